The van der Waals surface area contributed by atoms with Crippen LogP contribution in [0.25, 0.3) is 5.69 Å². The highest BCUT2D eigenvalue weighted by Gasteiger charge is 2.29. The minimum absolute atomic E-state index is 0.0282. The van der Waals surface area contributed by atoms with Gasteiger partial charge in [-0.3, -0.25) is 4.79 Å². The number of benzene rings is 1. The molecule has 33 heavy (non-hydrogen) atoms. The van der Waals surface area contributed by atoms with Gasteiger partial charge in [0.1, 0.15) is 23.4 Å². The summed E-state index contributed by atoms with van der Waals surface area (Å²) in [5.41, 5.74) is 0.413. The Morgan fingerprint density at radius 3 is 2.61 bits per heavy atom. The van der Waals surface area contributed by atoms with Crippen LogP contribution in [0.1, 0.15) is 50.1 Å². The van der Waals surface area contributed by atoms with Crippen LogP contribution in [0.4, 0.5) is 14.9 Å². The lowest BCUT2D eigenvalue weighted by molar-refractivity contribution is 0.0187. The molecule has 2 amide bonds. The summed E-state index contributed by atoms with van der Waals surface area (Å²) in [6.45, 7) is 6.57. The van der Waals surface area contributed by atoms with E-state index in [-0.39, 0.29) is 17.8 Å². The highest BCUT2D eigenvalue weighted by Crippen LogP contribution is 2.27. The Hall–Kier alpha value is -3.76. The second kappa shape index (κ2) is 9.00. The molecule has 1 fully saturated rings. The van der Waals surface area contributed by atoms with Gasteiger partial charge in [0.15, 0.2) is 0 Å². The molecule has 3 heterocycles. The van der Waals surface area contributed by atoms with Gasteiger partial charge in [-0.2, -0.15) is 0 Å². The molecule has 1 aromatic carbocycles. The van der Waals surface area contributed by atoms with E-state index >= 15 is 0 Å². The first-order chi connectivity index (χ1) is 15.7. The number of hydrogen-bond donors (Lipinski definition) is 1. The summed E-state index contributed by atoms with van der Waals surface area (Å²) < 4.78 is 23.1. The standard InChI is InChI=1S/C22H26FN7O3/c1-22(2,3)33-21(32)28-11-8-15(9-12-28)29-10-4-5-19(29)20(31)25-18-13-16(6-7-17(18)23)30-14-24-26-27-30/h4-7,10,13-15H,8-9,11-12H2,1-3H3,(H,25,31). The van der Waals surface area contributed by atoms with Gasteiger partial charge in [0, 0.05) is 25.3 Å². The number of carbonyl (C=O) groups excluding carboxylic acids is 2. The van der Waals surface area contributed by atoms with E-state index in [2.05, 4.69) is 20.8 Å². The number of amides is 2. The molecule has 0 aliphatic carbocycles. The third-order valence-corrected chi connectivity index (χ3v) is 5.33. The summed E-state index contributed by atoms with van der Waals surface area (Å²) in [4.78, 5) is 27.0. The third kappa shape index (κ3) is 5.18. The second-order valence-corrected chi connectivity index (χ2v) is 8.87. The zero-order valence-electron chi connectivity index (χ0n) is 18.7. The van der Waals surface area contributed by atoms with Gasteiger partial charge >= 0.3 is 6.09 Å². The first-order valence-electron chi connectivity index (χ1n) is 10.7. The van der Waals surface area contributed by atoms with Crippen LogP contribution in [-0.4, -0.2) is 60.4 Å². The van der Waals surface area contributed by atoms with Crippen LogP contribution in [0.15, 0.2) is 42.9 Å². The number of anilines is 1. The lowest BCUT2D eigenvalue weighted by Gasteiger charge is -2.34. The molecular formula is C22H26FN7O3. The molecule has 11 heteroatoms. The fraction of sp³-hybridized carbons (Fsp3) is 0.409. The molecule has 2 aromatic heterocycles. The Morgan fingerprint density at radius 1 is 1.18 bits per heavy atom. The smallest absolute Gasteiger partial charge is 0.410 e. The van der Waals surface area contributed by atoms with Crippen LogP contribution < -0.4 is 5.32 Å². The number of hydrogen-bond acceptors (Lipinski definition) is 6. The van der Waals surface area contributed by atoms with E-state index < -0.39 is 17.3 Å². The molecule has 0 spiro atoms. The van der Waals surface area contributed by atoms with Gasteiger partial charge < -0.3 is 19.5 Å². The Bertz CT molecular complexity index is 1130. The summed E-state index contributed by atoms with van der Waals surface area (Å²) >= 11 is 0. The van der Waals surface area contributed by atoms with E-state index in [1.807, 2.05) is 31.5 Å². The van der Waals surface area contributed by atoms with Crippen LogP contribution >= 0.6 is 0 Å². The van der Waals surface area contributed by atoms with Crippen molar-refractivity contribution in [3.63, 3.8) is 0 Å². The SMILES string of the molecule is CC(C)(C)OC(=O)N1CCC(n2cccc2C(=O)Nc2cc(-n3cnnn3)ccc2F)CC1. The Kier molecular flexibility index (Phi) is 6.12. The van der Waals surface area contributed by atoms with E-state index in [0.717, 1.165) is 0 Å². The van der Waals surface area contributed by atoms with Gasteiger partial charge in [-0.25, -0.2) is 13.9 Å². The maximum atomic E-state index is 14.4. The molecule has 0 bridgehead atoms. The average molecular weight is 455 g/mol. The van der Waals surface area contributed by atoms with E-state index in [4.69, 9.17) is 4.74 Å². The van der Waals surface area contributed by atoms with Crippen molar-refractivity contribution in [2.24, 2.45) is 0 Å². The van der Waals surface area contributed by atoms with E-state index in [1.165, 1.54) is 29.2 Å². The second-order valence-electron chi connectivity index (χ2n) is 8.87. The number of nitrogens with zero attached hydrogens (tertiary/aromatic N) is 6. The van der Waals surface area contributed by atoms with Crippen molar-refractivity contribution in [2.75, 3.05) is 18.4 Å². The molecule has 0 saturated carbocycles. The quantitative estimate of drug-likeness (QED) is 0.646. The van der Waals surface area contributed by atoms with Gasteiger partial charge in [0.25, 0.3) is 5.91 Å². The number of rotatable bonds is 4. The molecule has 1 aliphatic rings. The van der Waals surface area contributed by atoms with Crippen LogP contribution in [0, 0.1) is 5.82 Å². The fourth-order valence-corrected chi connectivity index (χ4v) is 3.78. The maximum absolute atomic E-state index is 14.4. The van der Waals surface area contributed by atoms with Crippen molar-refractivity contribution in [2.45, 2.75) is 45.3 Å². The fourth-order valence-electron chi connectivity index (χ4n) is 3.78. The molecule has 0 unspecified atom stereocenters. The predicted molar refractivity (Wildman–Crippen MR) is 118 cm³/mol. The minimum Gasteiger partial charge on any atom is -0.444 e. The van der Waals surface area contributed by atoms with E-state index in [9.17, 15) is 14.0 Å². The van der Waals surface area contributed by atoms with Crippen LogP contribution in [-0.2, 0) is 4.74 Å². The van der Waals surface area contributed by atoms with Crippen molar-refractivity contribution in [3.05, 3.63) is 54.4 Å². The van der Waals surface area contributed by atoms with Crippen LogP contribution in [0.2, 0.25) is 0 Å². The Labute approximate surface area is 190 Å². The van der Waals surface area contributed by atoms with Gasteiger partial charge in [-0.15, -0.1) is 5.10 Å². The monoisotopic (exact) mass is 455 g/mol. The average Bonchev–Trinajstić information content (AvgIpc) is 3.46. The molecule has 1 saturated heterocycles. The predicted octanol–water partition coefficient (Wildman–Crippen LogP) is 3.43. The number of halogens is 1. The highest BCUT2D eigenvalue weighted by atomic mass is 19.1. The number of ether oxygens (including phenoxy) is 1. The largest absolute Gasteiger partial charge is 0.444 e. The number of likely N-dealkylation sites (tertiary alicyclic amines) is 1. The van der Waals surface area contributed by atoms with Crippen LogP contribution in [0.3, 0.4) is 0 Å². The van der Waals surface area contributed by atoms with Gasteiger partial charge in [-0.05, 0) is 74.4 Å². The summed E-state index contributed by atoms with van der Waals surface area (Å²) in [7, 11) is 0. The van der Waals surface area contributed by atoms with Crippen molar-refractivity contribution < 1.29 is 18.7 Å². The lowest BCUT2D eigenvalue weighted by atomic mass is 10.0. The third-order valence-electron chi connectivity index (χ3n) is 5.33. The number of carbonyl (C=O) groups is 2. The first kappa shape index (κ1) is 22.4. The summed E-state index contributed by atoms with van der Waals surface area (Å²) in [5, 5.41) is 13.6. The molecule has 1 aliphatic heterocycles. The lowest BCUT2D eigenvalue weighted by Crippen LogP contribution is -2.42. The number of tetrazole rings is 1. The summed E-state index contributed by atoms with van der Waals surface area (Å²) in [6, 6.07) is 7.75. The molecule has 10 nitrogen and oxygen atoms in total. The van der Waals surface area contributed by atoms with Crippen molar-refractivity contribution in [1.29, 1.82) is 0 Å². The summed E-state index contributed by atoms with van der Waals surface area (Å²) in [6.07, 6.45) is 4.24. The number of piperidine rings is 1. The van der Waals surface area contributed by atoms with Gasteiger partial charge in [0.05, 0.1) is 11.4 Å². The number of aromatic nitrogens is 5. The Balaban J connectivity index is 1.44. The summed E-state index contributed by atoms with van der Waals surface area (Å²) in [5.74, 6) is -0.994. The van der Waals surface area contributed by atoms with Crippen molar-refractivity contribution in [1.82, 2.24) is 29.7 Å². The maximum Gasteiger partial charge on any atom is 0.410 e. The van der Waals surface area contributed by atoms with Gasteiger partial charge in [-0.1, -0.05) is 0 Å². The molecule has 174 valence electrons. The minimum atomic E-state index is -0.566. The van der Waals surface area contributed by atoms with Crippen LogP contribution in [0.5, 0.6) is 0 Å². The highest BCUT2D eigenvalue weighted by molar-refractivity contribution is 6.03. The molecule has 0 atom stereocenters. The molecule has 4 rings (SSSR count). The van der Waals surface area contributed by atoms with E-state index in [0.29, 0.717) is 37.3 Å². The normalized spacial score (nSPS) is 14.8. The Morgan fingerprint density at radius 2 is 1.94 bits per heavy atom. The van der Waals surface area contributed by atoms with E-state index in [1.54, 1.807) is 17.0 Å². The molecule has 0 radical (unpaired) electrons. The molecule has 1 N–H and O–H groups in total. The zero-order chi connectivity index (χ0) is 23.6. The van der Waals surface area contributed by atoms with Crippen molar-refractivity contribution in [3.8, 4) is 5.69 Å². The zero-order valence-corrected chi connectivity index (χ0v) is 18.7. The molecule has 3 aromatic rings. The van der Waals surface area contributed by atoms with Gasteiger partial charge in [0.2, 0.25) is 0 Å². The van der Waals surface area contributed by atoms with Crippen molar-refractivity contribution >= 4 is 17.7 Å². The molecular weight excluding hydrogens is 429 g/mol. The number of nitrogens with one attached hydrogen (secondary N) is 1. The topological polar surface area (TPSA) is 107 Å². The first-order valence-corrected chi connectivity index (χ1v) is 10.7.